The van der Waals surface area contributed by atoms with E-state index in [4.69, 9.17) is 9.97 Å². The van der Waals surface area contributed by atoms with Crippen LogP contribution in [0.15, 0.2) is 200 Å². The van der Waals surface area contributed by atoms with Crippen molar-refractivity contribution in [1.82, 2.24) is 15.0 Å². The monoisotopic (exact) mass is 753 g/mol. The van der Waals surface area contributed by atoms with E-state index in [0.717, 1.165) is 44.6 Å². The highest BCUT2D eigenvalue weighted by atomic mass is 14.9. The lowest BCUT2D eigenvalue weighted by molar-refractivity contribution is 0.666. The molecule has 0 spiro atoms. The summed E-state index contributed by atoms with van der Waals surface area (Å²) in [5.41, 5.74) is 17.2. The predicted molar refractivity (Wildman–Crippen MR) is 245 cm³/mol. The average Bonchev–Trinajstić information content (AvgIpc) is 3.54. The molecule has 0 fully saturated rings. The molecule has 0 aliphatic heterocycles. The standard InChI is InChI=1S/C56H39N3/c1-56(2)51-33-41(26-27-48(51)50-28-25-37-12-6-7-18-45(37)54(50)56)36-21-23-38(24-22-36)44-29-30-49(47-20-9-8-19-46(44)47)53-34-52(58-55(59-53)39-13-4-3-5-14-39)42-16-10-15-40(32-42)43-17-11-31-57-35-43/h3-35H,1-2H3. The molecule has 10 aromatic rings. The molecule has 1 aliphatic rings. The van der Waals surface area contributed by atoms with Crippen LogP contribution in [0.2, 0.25) is 0 Å². The molecule has 2 aromatic heterocycles. The first-order valence-corrected chi connectivity index (χ1v) is 20.2. The number of fused-ring (bicyclic) bond motifs is 6. The zero-order valence-electron chi connectivity index (χ0n) is 32.9. The smallest absolute Gasteiger partial charge is 0.160 e. The fraction of sp³-hybridized carbons (Fsp3) is 0.0536. The maximum Gasteiger partial charge on any atom is 0.160 e. The molecule has 0 unspecified atom stereocenters. The Hall–Kier alpha value is -7.49. The zero-order valence-corrected chi connectivity index (χ0v) is 32.9. The van der Waals surface area contributed by atoms with Gasteiger partial charge >= 0.3 is 0 Å². The minimum absolute atomic E-state index is 0.0989. The van der Waals surface area contributed by atoms with Gasteiger partial charge in [-0.05, 0) is 95.9 Å². The fourth-order valence-corrected chi connectivity index (χ4v) is 9.24. The van der Waals surface area contributed by atoms with E-state index in [0.29, 0.717) is 5.82 Å². The van der Waals surface area contributed by atoms with Gasteiger partial charge in [0.05, 0.1) is 11.4 Å². The van der Waals surface area contributed by atoms with E-state index in [1.54, 1.807) is 6.20 Å². The summed E-state index contributed by atoms with van der Waals surface area (Å²) in [5, 5.41) is 4.97. The highest BCUT2D eigenvalue weighted by molar-refractivity contribution is 6.05. The van der Waals surface area contributed by atoms with Crippen molar-refractivity contribution < 1.29 is 0 Å². The first-order chi connectivity index (χ1) is 29.0. The van der Waals surface area contributed by atoms with Crippen LogP contribution in [-0.2, 0) is 5.41 Å². The summed E-state index contributed by atoms with van der Waals surface area (Å²) in [6.07, 6.45) is 3.70. The molecule has 0 saturated carbocycles. The Morgan fingerprint density at radius 1 is 0.373 bits per heavy atom. The third-order valence-electron chi connectivity index (χ3n) is 12.2. The van der Waals surface area contributed by atoms with Crippen LogP contribution >= 0.6 is 0 Å². The highest BCUT2D eigenvalue weighted by Crippen LogP contribution is 2.52. The van der Waals surface area contributed by atoms with E-state index in [2.05, 4.69) is 183 Å². The van der Waals surface area contributed by atoms with Crippen molar-refractivity contribution in [2.45, 2.75) is 19.3 Å². The van der Waals surface area contributed by atoms with Crippen molar-refractivity contribution in [2.24, 2.45) is 0 Å². The molecule has 0 atom stereocenters. The minimum atomic E-state index is -0.0989. The SMILES string of the molecule is CC1(C)c2cc(-c3ccc(-c4ccc(-c5cc(-c6cccc(-c7cccnc7)c6)nc(-c6ccccc6)n5)c5ccccc45)cc3)ccc2-c2ccc3ccccc3c21. The maximum atomic E-state index is 5.22. The Labute approximate surface area is 344 Å². The van der Waals surface area contributed by atoms with Crippen LogP contribution in [0.1, 0.15) is 25.0 Å². The van der Waals surface area contributed by atoms with Crippen LogP contribution in [0.25, 0.3) is 100.0 Å². The first kappa shape index (κ1) is 34.7. The van der Waals surface area contributed by atoms with Gasteiger partial charge in [0, 0.05) is 40.1 Å². The van der Waals surface area contributed by atoms with Crippen molar-refractivity contribution in [3.63, 3.8) is 0 Å². The van der Waals surface area contributed by atoms with Crippen molar-refractivity contribution in [2.75, 3.05) is 0 Å². The third kappa shape index (κ3) is 5.94. The Bertz CT molecular complexity index is 3220. The van der Waals surface area contributed by atoms with Gasteiger partial charge in [-0.1, -0.05) is 178 Å². The molecule has 11 rings (SSSR count). The molecule has 8 aromatic carbocycles. The molecule has 0 amide bonds. The van der Waals surface area contributed by atoms with E-state index in [9.17, 15) is 0 Å². The number of rotatable bonds is 6. The number of aromatic nitrogens is 3. The Balaban J connectivity index is 0.970. The second-order valence-corrected chi connectivity index (χ2v) is 16.0. The molecule has 0 radical (unpaired) electrons. The van der Waals surface area contributed by atoms with Gasteiger partial charge in [-0.3, -0.25) is 4.98 Å². The second kappa shape index (κ2) is 13.9. The molecule has 3 heteroatoms. The number of pyridine rings is 1. The van der Waals surface area contributed by atoms with Gasteiger partial charge in [-0.25, -0.2) is 9.97 Å². The van der Waals surface area contributed by atoms with Gasteiger partial charge in [-0.15, -0.1) is 0 Å². The van der Waals surface area contributed by atoms with E-state index in [1.807, 2.05) is 30.5 Å². The quantitative estimate of drug-likeness (QED) is 0.170. The lowest BCUT2D eigenvalue weighted by atomic mass is 9.79. The lowest BCUT2D eigenvalue weighted by Gasteiger charge is -2.23. The Kier molecular flexibility index (Phi) is 8.16. The molecule has 1 aliphatic carbocycles. The molecule has 3 nitrogen and oxygen atoms in total. The molecular formula is C56H39N3. The summed E-state index contributed by atoms with van der Waals surface area (Å²) in [5.74, 6) is 0.695. The number of hydrogen-bond donors (Lipinski definition) is 0. The summed E-state index contributed by atoms with van der Waals surface area (Å²) >= 11 is 0. The van der Waals surface area contributed by atoms with Crippen molar-refractivity contribution in [3.8, 4) is 78.4 Å². The molecule has 59 heavy (non-hydrogen) atoms. The summed E-state index contributed by atoms with van der Waals surface area (Å²) in [6.45, 7) is 4.75. The summed E-state index contributed by atoms with van der Waals surface area (Å²) in [6, 6.07) is 67.6. The highest BCUT2D eigenvalue weighted by Gasteiger charge is 2.37. The van der Waals surface area contributed by atoms with Crippen LogP contribution < -0.4 is 0 Å². The largest absolute Gasteiger partial charge is 0.264 e. The average molecular weight is 754 g/mol. The predicted octanol–water partition coefficient (Wildman–Crippen LogP) is 14.5. The Morgan fingerprint density at radius 3 is 1.80 bits per heavy atom. The van der Waals surface area contributed by atoms with Gasteiger partial charge in [0.2, 0.25) is 0 Å². The van der Waals surface area contributed by atoms with Gasteiger partial charge in [0.15, 0.2) is 5.82 Å². The molecular weight excluding hydrogens is 715 g/mol. The van der Waals surface area contributed by atoms with E-state index in [-0.39, 0.29) is 5.41 Å². The van der Waals surface area contributed by atoms with Gasteiger partial charge in [0.25, 0.3) is 0 Å². The van der Waals surface area contributed by atoms with Gasteiger partial charge in [0.1, 0.15) is 0 Å². The van der Waals surface area contributed by atoms with E-state index in [1.165, 1.54) is 60.7 Å². The third-order valence-corrected chi connectivity index (χ3v) is 12.2. The number of nitrogens with zero attached hydrogens (tertiary/aromatic N) is 3. The summed E-state index contributed by atoms with van der Waals surface area (Å²) in [4.78, 5) is 14.7. The summed E-state index contributed by atoms with van der Waals surface area (Å²) in [7, 11) is 0. The van der Waals surface area contributed by atoms with Crippen LogP contribution in [0.5, 0.6) is 0 Å². The van der Waals surface area contributed by atoms with Crippen molar-refractivity contribution in [3.05, 3.63) is 212 Å². The van der Waals surface area contributed by atoms with E-state index >= 15 is 0 Å². The first-order valence-electron chi connectivity index (χ1n) is 20.2. The van der Waals surface area contributed by atoms with Crippen molar-refractivity contribution in [1.29, 1.82) is 0 Å². The van der Waals surface area contributed by atoms with Gasteiger partial charge in [-0.2, -0.15) is 0 Å². The van der Waals surface area contributed by atoms with Crippen LogP contribution in [0, 0.1) is 0 Å². The Morgan fingerprint density at radius 2 is 0.983 bits per heavy atom. The summed E-state index contributed by atoms with van der Waals surface area (Å²) < 4.78 is 0. The van der Waals surface area contributed by atoms with Crippen LogP contribution in [-0.4, -0.2) is 15.0 Å². The molecule has 0 bridgehead atoms. The molecule has 0 N–H and O–H groups in total. The molecule has 2 heterocycles. The normalized spacial score (nSPS) is 12.7. The topological polar surface area (TPSA) is 38.7 Å². The zero-order chi connectivity index (χ0) is 39.5. The lowest BCUT2D eigenvalue weighted by Crippen LogP contribution is -2.15. The molecule has 278 valence electrons. The van der Waals surface area contributed by atoms with E-state index < -0.39 is 0 Å². The van der Waals surface area contributed by atoms with Crippen LogP contribution in [0.3, 0.4) is 0 Å². The van der Waals surface area contributed by atoms with Gasteiger partial charge < -0.3 is 0 Å². The number of benzene rings is 8. The van der Waals surface area contributed by atoms with Crippen molar-refractivity contribution >= 4 is 21.5 Å². The fourth-order valence-electron chi connectivity index (χ4n) is 9.24. The maximum absolute atomic E-state index is 5.22. The van der Waals surface area contributed by atoms with Crippen LogP contribution in [0.4, 0.5) is 0 Å². The number of hydrogen-bond acceptors (Lipinski definition) is 3. The second-order valence-electron chi connectivity index (χ2n) is 16.0. The minimum Gasteiger partial charge on any atom is -0.264 e. The molecule has 0 saturated heterocycles.